The molecule has 2 rings (SSSR count). The van der Waals surface area contributed by atoms with E-state index in [-0.39, 0.29) is 7.24 Å². The first-order valence-corrected chi connectivity index (χ1v) is 12.1. The van der Waals surface area contributed by atoms with E-state index in [1.807, 2.05) is 18.2 Å². The van der Waals surface area contributed by atoms with Crippen molar-refractivity contribution in [1.82, 2.24) is 9.88 Å². The zero-order chi connectivity index (χ0) is 22.4. The second kappa shape index (κ2) is 13.8. The molecule has 1 aromatic rings. The Labute approximate surface area is 183 Å². The largest absolute Gasteiger partial charge is 0.478 e. The molecule has 0 radical (unpaired) electrons. The van der Waals surface area contributed by atoms with Crippen molar-refractivity contribution >= 4 is 15.8 Å². The third-order valence-corrected chi connectivity index (χ3v) is 5.00. The van der Waals surface area contributed by atoms with Gasteiger partial charge in [0.2, 0.25) is 15.9 Å². The first-order valence-electron chi connectivity index (χ1n) is 10.2. The number of pyridine rings is 1. The summed E-state index contributed by atoms with van der Waals surface area (Å²) in [4.78, 5) is 6.55. The van der Waals surface area contributed by atoms with Crippen LogP contribution in [0.5, 0.6) is 5.88 Å². The highest BCUT2D eigenvalue weighted by Gasteiger charge is 2.14. The van der Waals surface area contributed by atoms with Gasteiger partial charge in [-0.3, -0.25) is 9.62 Å². The second-order valence-corrected chi connectivity index (χ2v) is 8.72. The topological polar surface area (TPSA) is 71.5 Å². The lowest BCUT2D eigenvalue weighted by Gasteiger charge is -2.28. The fourth-order valence-corrected chi connectivity index (χ4v) is 3.33. The fraction of sp³-hybridized carbons (Fsp3) is 0.435. The highest BCUT2D eigenvalue weighted by molar-refractivity contribution is 7.92. The van der Waals surface area contributed by atoms with Gasteiger partial charge in [0, 0.05) is 20.6 Å². The van der Waals surface area contributed by atoms with Gasteiger partial charge in [0.15, 0.2) is 0 Å². The Hall–Kier alpha value is -2.38. The summed E-state index contributed by atoms with van der Waals surface area (Å²) < 4.78 is 30.4. The molecule has 1 aliphatic rings. The Balaban J connectivity index is 0.00000165. The summed E-state index contributed by atoms with van der Waals surface area (Å²) in [6.07, 6.45) is 10.9. The van der Waals surface area contributed by atoms with E-state index in [2.05, 4.69) is 41.3 Å². The van der Waals surface area contributed by atoms with Crippen LogP contribution in [0.4, 0.5) is 5.82 Å². The molecule has 7 heteroatoms. The van der Waals surface area contributed by atoms with E-state index >= 15 is 0 Å². The molecule has 0 unspecified atom stereocenters. The number of rotatable bonds is 11. The molecule has 0 spiro atoms. The Bertz CT molecular complexity index is 838. The highest BCUT2D eigenvalue weighted by Crippen LogP contribution is 2.20. The SMILES string of the molecule is C=CC1=C(C=C)CN(CCCCOc2cccc(NS(C)(=O)=O)n2)CC1.C=CCC.[HH]. The molecule has 2 heterocycles. The number of unbranched alkanes of at least 4 members (excludes halogenated alkanes) is 1. The number of ether oxygens (including phenoxy) is 1. The molecule has 0 saturated carbocycles. The van der Waals surface area contributed by atoms with Crippen LogP contribution in [0, 0.1) is 0 Å². The summed E-state index contributed by atoms with van der Waals surface area (Å²) >= 11 is 0. The molecule has 30 heavy (non-hydrogen) atoms. The maximum atomic E-state index is 11.2. The van der Waals surface area contributed by atoms with Crippen LogP contribution in [-0.4, -0.2) is 50.8 Å². The van der Waals surface area contributed by atoms with Crippen molar-refractivity contribution in [3.8, 4) is 5.88 Å². The van der Waals surface area contributed by atoms with E-state index in [0.717, 1.165) is 51.6 Å². The van der Waals surface area contributed by atoms with E-state index in [9.17, 15) is 8.42 Å². The molecule has 6 nitrogen and oxygen atoms in total. The molecule has 1 aliphatic heterocycles. The highest BCUT2D eigenvalue weighted by atomic mass is 32.2. The molecule has 0 saturated heterocycles. The van der Waals surface area contributed by atoms with E-state index in [1.54, 1.807) is 18.2 Å². The molecule has 1 N–H and O–H groups in total. The average molecular weight is 436 g/mol. The van der Waals surface area contributed by atoms with Crippen molar-refractivity contribution in [2.75, 3.05) is 37.2 Å². The molecule has 168 valence electrons. The fourth-order valence-electron chi connectivity index (χ4n) is 2.84. The summed E-state index contributed by atoms with van der Waals surface area (Å²) in [5.41, 5.74) is 2.56. The van der Waals surface area contributed by atoms with Crippen LogP contribution in [0.2, 0.25) is 0 Å². The Morgan fingerprint density at radius 1 is 1.23 bits per heavy atom. The minimum Gasteiger partial charge on any atom is -0.478 e. The summed E-state index contributed by atoms with van der Waals surface area (Å²) in [5.74, 6) is 0.684. The van der Waals surface area contributed by atoms with Crippen LogP contribution in [0.25, 0.3) is 0 Å². The maximum absolute atomic E-state index is 11.2. The third-order valence-electron chi connectivity index (χ3n) is 4.42. The molecule has 0 atom stereocenters. The van der Waals surface area contributed by atoms with Crippen LogP contribution >= 0.6 is 0 Å². The lowest BCUT2D eigenvalue weighted by Crippen LogP contribution is -2.32. The lowest BCUT2D eigenvalue weighted by atomic mass is 10.00. The molecule has 1 aromatic heterocycles. The van der Waals surface area contributed by atoms with Gasteiger partial charge in [0.05, 0.1) is 12.9 Å². The predicted octanol–water partition coefficient (Wildman–Crippen LogP) is 4.81. The number of hydrogen-bond donors (Lipinski definition) is 1. The monoisotopic (exact) mass is 435 g/mol. The first-order chi connectivity index (χ1) is 14.3. The molecule has 0 amide bonds. The zero-order valence-electron chi connectivity index (χ0n) is 18.3. The third kappa shape index (κ3) is 10.4. The van der Waals surface area contributed by atoms with Crippen LogP contribution in [0.15, 0.2) is 67.3 Å². The van der Waals surface area contributed by atoms with Gasteiger partial charge in [0.25, 0.3) is 0 Å². The predicted molar refractivity (Wildman–Crippen MR) is 129 cm³/mol. The van der Waals surface area contributed by atoms with E-state index in [0.29, 0.717) is 12.5 Å². The van der Waals surface area contributed by atoms with E-state index in [4.69, 9.17) is 4.74 Å². The van der Waals surface area contributed by atoms with Gasteiger partial charge in [0.1, 0.15) is 5.82 Å². The Kier molecular flexibility index (Phi) is 11.8. The minimum absolute atomic E-state index is 0. The first kappa shape index (κ1) is 25.7. The Morgan fingerprint density at radius 2 is 1.93 bits per heavy atom. The molecule has 0 bridgehead atoms. The second-order valence-electron chi connectivity index (χ2n) is 6.97. The van der Waals surface area contributed by atoms with Gasteiger partial charge in [-0.1, -0.05) is 44.4 Å². The van der Waals surface area contributed by atoms with Crippen LogP contribution in [0.1, 0.15) is 34.0 Å². The summed E-state index contributed by atoms with van der Waals surface area (Å²) in [6, 6.07) is 5.02. The number of sulfonamides is 1. The summed E-state index contributed by atoms with van der Waals surface area (Å²) in [7, 11) is -3.34. The van der Waals surface area contributed by atoms with E-state index < -0.39 is 10.0 Å². The zero-order valence-corrected chi connectivity index (χ0v) is 19.1. The number of nitrogens with zero attached hydrogens (tertiary/aromatic N) is 2. The van der Waals surface area contributed by atoms with E-state index in [1.165, 1.54) is 11.1 Å². The van der Waals surface area contributed by atoms with Crippen molar-refractivity contribution in [3.05, 3.63) is 67.3 Å². The van der Waals surface area contributed by atoms with Gasteiger partial charge in [-0.15, -0.1) is 6.58 Å². The normalized spacial score (nSPS) is 14.3. The minimum atomic E-state index is -3.34. The molecule has 0 fully saturated rings. The number of aromatic nitrogens is 1. The number of anilines is 1. The standard InChI is InChI=1S/C19H27N3O3S.C4H8.H2/c1-4-16-11-13-22(15-17(16)5-2)12-6-7-14-25-19-10-8-9-18(20-19)21-26(3,23)24;1-3-4-2;/h4-5,8-10H,1-2,6-7,11-15H2,3H3,(H,20,21);3H,1,4H2,2H3;1H. The van der Waals surface area contributed by atoms with Crippen molar-refractivity contribution < 1.29 is 14.6 Å². The Morgan fingerprint density at radius 3 is 2.53 bits per heavy atom. The molecular formula is C23H37N3O3S. The molecule has 0 aliphatic carbocycles. The van der Waals surface area contributed by atoms with Crippen molar-refractivity contribution in [1.29, 1.82) is 0 Å². The number of nitrogens with one attached hydrogen (secondary N) is 1. The number of allylic oxidation sites excluding steroid dienone is 2. The molecular weight excluding hydrogens is 398 g/mol. The molecule has 0 aromatic carbocycles. The van der Waals surface area contributed by atoms with Crippen LogP contribution in [-0.2, 0) is 10.0 Å². The van der Waals surface area contributed by atoms with Crippen LogP contribution in [0.3, 0.4) is 0 Å². The number of hydrogen-bond acceptors (Lipinski definition) is 5. The average Bonchev–Trinajstić information content (AvgIpc) is 2.72. The summed E-state index contributed by atoms with van der Waals surface area (Å²) in [5, 5.41) is 0. The van der Waals surface area contributed by atoms with Gasteiger partial charge in [-0.2, -0.15) is 4.98 Å². The smallest absolute Gasteiger partial charge is 0.230 e. The van der Waals surface area contributed by atoms with Gasteiger partial charge >= 0.3 is 0 Å². The van der Waals surface area contributed by atoms with Crippen molar-refractivity contribution in [2.24, 2.45) is 0 Å². The van der Waals surface area contributed by atoms with Gasteiger partial charge in [-0.05, 0) is 49.4 Å². The van der Waals surface area contributed by atoms with Crippen molar-refractivity contribution in [3.63, 3.8) is 0 Å². The van der Waals surface area contributed by atoms with Gasteiger partial charge < -0.3 is 4.74 Å². The van der Waals surface area contributed by atoms with Gasteiger partial charge in [-0.25, -0.2) is 8.42 Å². The van der Waals surface area contributed by atoms with Crippen molar-refractivity contribution in [2.45, 2.75) is 32.6 Å². The quantitative estimate of drug-likeness (QED) is 0.399. The summed E-state index contributed by atoms with van der Waals surface area (Å²) in [6.45, 7) is 16.8. The lowest BCUT2D eigenvalue weighted by molar-refractivity contribution is 0.255. The maximum Gasteiger partial charge on any atom is 0.230 e. The van der Waals surface area contributed by atoms with Crippen LogP contribution < -0.4 is 9.46 Å².